The van der Waals surface area contributed by atoms with Gasteiger partial charge in [-0.25, -0.2) is 0 Å². The second kappa shape index (κ2) is 28.1. The minimum atomic E-state index is 0.480. The number of hydrogen-bond acceptors (Lipinski definition) is 9. The average Bonchev–Trinajstić information content (AvgIpc) is 4.25. The smallest absolute Gasteiger partial charge is 0.122 e. The number of aryl methyl sites for hydroxylation is 3. The highest BCUT2D eigenvalue weighted by Crippen LogP contribution is 2.35. The number of rotatable bonds is 20. The van der Waals surface area contributed by atoms with Gasteiger partial charge in [-0.05, 0) is 225 Å². The van der Waals surface area contributed by atoms with Gasteiger partial charge in [0.25, 0.3) is 0 Å². The molecule has 3 heterocycles. The van der Waals surface area contributed by atoms with Crippen LogP contribution in [0.1, 0.15) is 108 Å². The zero-order chi connectivity index (χ0) is 52.6. The summed E-state index contributed by atoms with van der Waals surface area (Å²) in [5, 5.41) is 17.5. The van der Waals surface area contributed by atoms with Crippen LogP contribution in [0.2, 0.25) is 0 Å². The highest BCUT2D eigenvalue weighted by Gasteiger charge is 2.29. The van der Waals surface area contributed by atoms with Gasteiger partial charge in [0.15, 0.2) is 0 Å². The molecule has 0 amide bonds. The lowest BCUT2D eigenvalue weighted by atomic mass is 9.86. The van der Waals surface area contributed by atoms with Crippen LogP contribution < -0.4 is 9.47 Å². The van der Waals surface area contributed by atoms with E-state index in [-0.39, 0.29) is 0 Å². The fourth-order valence-corrected chi connectivity index (χ4v) is 15.2. The van der Waals surface area contributed by atoms with Crippen LogP contribution in [0.5, 0.6) is 17.2 Å². The third kappa shape index (κ3) is 14.4. The first kappa shape index (κ1) is 55.7. The maximum Gasteiger partial charge on any atom is 0.122 e. The molecule has 9 heteroatoms. The van der Waals surface area contributed by atoms with Crippen molar-refractivity contribution in [2.45, 2.75) is 135 Å². The van der Waals surface area contributed by atoms with Gasteiger partial charge in [0, 0.05) is 56.9 Å². The molecule has 0 radical (unpaired) electrons. The Morgan fingerprint density at radius 1 is 0.487 bits per heavy atom. The lowest BCUT2D eigenvalue weighted by Gasteiger charge is -2.35. The van der Waals surface area contributed by atoms with Crippen LogP contribution in [0.3, 0.4) is 0 Å². The Kier molecular flexibility index (Phi) is 20.6. The van der Waals surface area contributed by atoms with Crippen LogP contribution in [0.25, 0.3) is 20.2 Å². The second-order valence-corrected chi connectivity index (χ2v) is 24.4. The molecular weight excluding hydrogens is 991 g/mol. The standard InChI is InChI=1S/C24H29NOS.C23H27NOS.C20H27NOS/c1-3-14-25(15-13-21-16-19-7-4-5-10-24(19)27-21)20-12-11-18-8-6-9-23(26-2)22(18)17-20;1-2-13-24(14-12-20-15-18-6-3-4-9-23(18)26-20)19-11-10-17-7-5-8-22(25)21(17)16-19;1-3-11-21(12-9-16-10-13-23-15-16)18-8-7-17-5-4-6-20(22-2)19(17)14-18/h4-10,16,20H,3,11-15,17H2,1-2H3;3-9,15,19,25H,2,10-14,16H2,1H3;4-6,10,13,15,18H,3,7-9,11-12,14H2,1-2H3. The summed E-state index contributed by atoms with van der Waals surface area (Å²) >= 11 is 5.68. The number of hydrogen-bond donors (Lipinski definition) is 1. The first-order chi connectivity index (χ1) is 37.3. The Hall–Kier alpha value is -5.00. The SMILES string of the molecule is CCCN(CCc1cc2ccccc2s1)C1CCc2cccc(O)c2C1.CCCN(CCc1cc2ccccc2s1)C1CCc2cccc(OC)c2C1.CCCN(CCc1ccsc1)C1CCc2cccc(OC)c2C1. The van der Waals surface area contributed by atoms with Crippen LogP contribution >= 0.6 is 34.0 Å². The summed E-state index contributed by atoms with van der Waals surface area (Å²) in [6.45, 7) is 13.8. The lowest BCUT2D eigenvalue weighted by molar-refractivity contribution is 0.180. The topological polar surface area (TPSA) is 48.4 Å². The van der Waals surface area contributed by atoms with Crippen molar-refractivity contribution in [2.75, 3.05) is 53.5 Å². The van der Waals surface area contributed by atoms with Gasteiger partial charge in [-0.1, -0.05) is 93.6 Å². The number of ether oxygens (including phenoxy) is 2. The maximum absolute atomic E-state index is 10.3. The molecule has 0 fully saturated rings. The summed E-state index contributed by atoms with van der Waals surface area (Å²) in [6.07, 6.45) is 17.4. The van der Waals surface area contributed by atoms with Gasteiger partial charge < -0.3 is 14.6 Å². The van der Waals surface area contributed by atoms with Crippen LogP contribution in [-0.4, -0.2) is 91.4 Å². The fraction of sp³-hybridized carbons (Fsp3) is 0.433. The van der Waals surface area contributed by atoms with Crippen molar-refractivity contribution in [1.82, 2.24) is 14.7 Å². The van der Waals surface area contributed by atoms with Crippen LogP contribution in [-0.2, 0) is 57.8 Å². The van der Waals surface area contributed by atoms with E-state index in [2.05, 4.69) is 155 Å². The molecule has 0 spiro atoms. The number of phenols is 1. The van der Waals surface area contributed by atoms with Gasteiger partial charge in [0.1, 0.15) is 17.2 Å². The van der Waals surface area contributed by atoms with Gasteiger partial charge in [-0.3, -0.25) is 14.7 Å². The van der Waals surface area contributed by atoms with Crippen molar-refractivity contribution in [1.29, 1.82) is 0 Å². The molecule has 0 aliphatic heterocycles. The molecular formula is C67H83N3O3S3. The minimum absolute atomic E-state index is 0.480. The summed E-state index contributed by atoms with van der Waals surface area (Å²) in [4.78, 5) is 11.1. The van der Waals surface area contributed by atoms with E-state index in [0.29, 0.717) is 23.9 Å². The Labute approximate surface area is 467 Å². The van der Waals surface area contributed by atoms with E-state index in [1.165, 1.54) is 146 Å². The largest absolute Gasteiger partial charge is 0.508 e. The number of thiophene rings is 3. The lowest BCUT2D eigenvalue weighted by Crippen LogP contribution is -2.41. The van der Waals surface area contributed by atoms with Crippen molar-refractivity contribution in [3.63, 3.8) is 0 Å². The Morgan fingerprint density at radius 3 is 1.36 bits per heavy atom. The van der Waals surface area contributed by atoms with E-state index >= 15 is 0 Å². The highest BCUT2D eigenvalue weighted by atomic mass is 32.1. The molecule has 6 nitrogen and oxygen atoms in total. The molecule has 1 N–H and O–H groups in total. The number of benzene rings is 5. The molecule has 0 saturated carbocycles. The average molecular weight is 1070 g/mol. The third-order valence-electron chi connectivity index (χ3n) is 16.3. The number of nitrogens with zero attached hydrogens (tertiary/aromatic N) is 3. The molecule has 0 saturated heterocycles. The summed E-state index contributed by atoms with van der Waals surface area (Å²) in [5.74, 6) is 2.62. The number of phenolic OH excluding ortho intramolecular Hbond substituents is 1. The molecule has 3 aromatic heterocycles. The summed E-state index contributed by atoms with van der Waals surface area (Å²) in [6, 6.07) is 45.2. The number of fused-ring (bicyclic) bond motifs is 5. The third-order valence-corrected chi connectivity index (χ3v) is 19.4. The predicted octanol–water partition coefficient (Wildman–Crippen LogP) is 15.7. The molecule has 0 bridgehead atoms. The molecule has 3 aliphatic rings. The monoisotopic (exact) mass is 1070 g/mol. The zero-order valence-corrected chi connectivity index (χ0v) is 48.6. The van der Waals surface area contributed by atoms with Crippen LogP contribution in [0, 0.1) is 0 Å². The van der Waals surface area contributed by atoms with Crippen molar-refractivity contribution in [2.24, 2.45) is 0 Å². The van der Waals surface area contributed by atoms with E-state index in [9.17, 15) is 5.11 Å². The minimum Gasteiger partial charge on any atom is -0.508 e. The summed E-state index contributed by atoms with van der Waals surface area (Å²) in [7, 11) is 3.59. The van der Waals surface area contributed by atoms with E-state index in [0.717, 1.165) is 69.7 Å². The number of methoxy groups -OCH3 is 2. The Morgan fingerprint density at radius 2 is 0.921 bits per heavy atom. The first-order valence-electron chi connectivity index (χ1n) is 28.6. The number of aromatic hydroxyl groups is 1. The molecule has 3 atom stereocenters. The fourth-order valence-electron chi connectivity index (χ4n) is 12.4. The van der Waals surface area contributed by atoms with E-state index in [1.807, 2.05) is 34.8 Å². The van der Waals surface area contributed by atoms with Gasteiger partial charge in [0.2, 0.25) is 0 Å². The molecule has 3 aliphatic carbocycles. The Balaban J connectivity index is 0.000000140. The highest BCUT2D eigenvalue weighted by molar-refractivity contribution is 7.19. The van der Waals surface area contributed by atoms with Gasteiger partial charge >= 0.3 is 0 Å². The summed E-state index contributed by atoms with van der Waals surface area (Å²) in [5.41, 5.74) is 9.81. The van der Waals surface area contributed by atoms with Gasteiger partial charge in [-0.2, -0.15) is 11.3 Å². The summed E-state index contributed by atoms with van der Waals surface area (Å²) < 4.78 is 14.0. The molecule has 3 unspecified atom stereocenters. The first-order valence-corrected chi connectivity index (χ1v) is 31.2. The predicted molar refractivity (Wildman–Crippen MR) is 326 cm³/mol. The van der Waals surface area contributed by atoms with Crippen molar-refractivity contribution < 1.29 is 14.6 Å². The second-order valence-electron chi connectivity index (χ2n) is 21.3. The molecule has 11 rings (SSSR count). The van der Waals surface area contributed by atoms with Gasteiger partial charge in [-0.15, -0.1) is 22.7 Å². The quantitative estimate of drug-likeness (QED) is 0.0821. The van der Waals surface area contributed by atoms with E-state index < -0.39 is 0 Å². The van der Waals surface area contributed by atoms with E-state index in [1.54, 1.807) is 25.6 Å². The molecule has 76 heavy (non-hydrogen) atoms. The molecule has 8 aromatic rings. The molecule has 5 aromatic carbocycles. The molecule has 402 valence electrons. The van der Waals surface area contributed by atoms with Crippen LogP contribution in [0.4, 0.5) is 0 Å². The zero-order valence-electron chi connectivity index (χ0n) is 46.1. The van der Waals surface area contributed by atoms with Crippen molar-refractivity contribution in [3.05, 3.63) is 181 Å². The Bertz CT molecular complexity index is 2940. The van der Waals surface area contributed by atoms with E-state index in [4.69, 9.17) is 9.47 Å². The van der Waals surface area contributed by atoms with Crippen LogP contribution in [0.15, 0.2) is 132 Å². The van der Waals surface area contributed by atoms with Crippen molar-refractivity contribution in [3.8, 4) is 17.2 Å². The normalized spacial score (nSPS) is 16.9. The maximum atomic E-state index is 10.3. The van der Waals surface area contributed by atoms with Gasteiger partial charge in [0.05, 0.1) is 14.2 Å². The van der Waals surface area contributed by atoms with Crippen molar-refractivity contribution >= 4 is 54.2 Å².